The highest BCUT2D eigenvalue weighted by molar-refractivity contribution is 7.92. The fraction of sp³-hybridized carbons (Fsp3) is 0.316. The van der Waals surface area contributed by atoms with Crippen molar-refractivity contribution in [1.82, 2.24) is 5.32 Å². The van der Waals surface area contributed by atoms with Crippen molar-refractivity contribution in [2.45, 2.75) is 30.7 Å². The van der Waals surface area contributed by atoms with Crippen molar-refractivity contribution in [3.63, 3.8) is 0 Å². The molecule has 0 bridgehead atoms. The Bertz CT molecular complexity index is 965. The van der Waals surface area contributed by atoms with Crippen molar-refractivity contribution in [3.8, 4) is 0 Å². The van der Waals surface area contributed by atoms with Gasteiger partial charge in [0, 0.05) is 18.2 Å². The standard InChI is InChI=1S/C19H22FN3O3S.ClH/c1-12-6-9-14(27(25,26)23-17-5-3-2-4-16(17)20)10-15(12)19(24)22-18(11-21)13-7-8-13;/h2-6,9-10,13,18,23H,7-8,11,21H2,1H3,(H,22,24);1H. The smallest absolute Gasteiger partial charge is 0.262 e. The summed E-state index contributed by atoms with van der Waals surface area (Å²) in [6, 6.07) is 9.61. The molecule has 1 aliphatic carbocycles. The molecular weight excluding hydrogens is 405 g/mol. The molecule has 0 aromatic heterocycles. The first-order valence-corrected chi connectivity index (χ1v) is 10.2. The molecule has 28 heavy (non-hydrogen) atoms. The second-order valence-electron chi connectivity index (χ2n) is 6.72. The second-order valence-corrected chi connectivity index (χ2v) is 8.40. The molecule has 1 amide bonds. The summed E-state index contributed by atoms with van der Waals surface area (Å²) in [5.41, 5.74) is 6.47. The van der Waals surface area contributed by atoms with Gasteiger partial charge in [0.05, 0.1) is 10.6 Å². The highest BCUT2D eigenvalue weighted by Gasteiger charge is 2.31. The molecule has 0 radical (unpaired) electrons. The lowest BCUT2D eigenvalue weighted by Crippen LogP contribution is -2.42. The van der Waals surface area contributed by atoms with Gasteiger partial charge in [0.15, 0.2) is 0 Å². The molecule has 6 nitrogen and oxygen atoms in total. The van der Waals surface area contributed by atoms with E-state index < -0.39 is 15.8 Å². The molecule has 1 aliphatic rings. The Labute approximate surface area is 170 Å². The minimum absolute atomic E-state index is 0. The number of anilines is 1. The van der Waals surface area contributed by atoms with Gasteiger partial charge < -0.3 is 11.1 Å². The lowest BCUT2D eigenvalue weighted by molar-refractivity contribution is 0.0932. The number of halogens is 2. The molecule has 0 spiro atoms. The van der Waals surface area contributed by atoms with Crippen molar-refractivity contribution in [2.24, 2.45) is 11.7 Å². The zero-order valence-corrected chi connectivity index (χ0v) is 16.9. The molecule has 1 fully saturated rings. The summed E-state index contributed by atoms with van der Waals surface area (Å²) in [5.74, 6) is -0.659. The Balaban J connectivity index is 0.00000280. The quantitative estimate of drug-likeness (QED) is 0.632. The van der Waals surface area contributed by atoms with Gasteiger partial charge in [0.25, 0.3) is 15.9 Å². The second kappa shape index (κ2) is 8.89. The van der Waals surface area contributed by atoms with E-state index in [0.29, 0.717) is 18.0 Å². The molecular formula is C19H23ClFN3O3S. The molecule has 3 rings (SSSR count). The van der Waals surface area contributed by atoms with E-state index in [0.717, 1.165) is 18.9 Å². The Morgan fingerprint density at radius 2 is 1.93 bits per heavy atom. The van der Waals surface area contributed by atoms with E-state index in [9.17, 15) is 17.6 Å². The number of amides is 1. The lowest BCUT2D eigenvalue weighted by Gasteiger charge is -2.17. The number of para-hydroxylation sites is 1. The molecule has 1 atom stereocenters. The summed E-state index contributed by atoms with van der Waals surface area (Å²) in [5, 5.41) is 2.88. The number of nitrogens with two attached hydrogens (primary N) is 1. The van der Waals surface area contributed by atoms with E-state index in [1.165, 1.54) is 30.3 Å². The van der Waals surface area contributed by atoms with Gasteiger partial charge in [-0.15, -0.1) is 12.4 Å². The van der Waals surface area contributed by atoms with Crippen LogP contribution in [0.15, 0.2) is 47.4 Å². The highest BCUT2D eigenvalue weighted by Crippen LogP contribution is 2.32. The van der Waals surface area contributed by atoms with Crippen LogP contribution in [0.1, 0.15) is 28.8 Å². The van der Waals surface area contributed by atoms with Crippen LogP contribution in [0.5, 0.6) is 0 Å². The number of carbonyl (C=O) groups excluding carboxylic acids is 1. The summed E-state index contributed by atoms with van der Waals surface area (Å²) in [6.07, 6.45) is 2.06. The molecule has 152 valence electrons. The number of carbonyl (C=O) groups is 1. The molecule has 2 aromatic rings. The fourth-order valence-electron chi connectivity index (χ4n) is 2.87. The number of rotatable bonds is 7. The molecule has 1 saturated carbocycles. The Hall–Kier alpha value is -2.16. The monoisotopic (exact) mass is 427 g/mol. The highest BCUT2D eigenvalue weighted by atomic mass is 35.5. The number of aryl methyl sites for hydroxylation is 1. The van der Waals surface area contributed by atoms with Gasteiger partial charge in [0.2, 0.25) is 0 Å². The summed E-state index contributed by atoms with van der Waals surface area (Å²) in [6.45, 7) is 2.06. The van der Waals surface area contributed by atoms with Crippen LogP contribution in [0.3, 0.4) is 0 Å². The maximum Gasteiger partial charge on any atom is 0.262 e. The lowest BCUT2D eigenvalue weighted by atomic mass is 10.1. The average Bonchev–Trinajstić information content (AvgIpc) is 3.46. The van der Waals surface area contributed by atoms with Crippen LogP contribution in [0.4, 0.5) is 10.1 Å². The Morgan fingerprint density at radius 3 is 2.54 bits per heavy atom. The first-order valence-electron chi connectivity index (χ1n) is 8.71. The average molecular weight is 428 g/mol. The number of benzene rings is 2. The summed E-state index contributed by atoms with van der Waals surface area (Å²) in [4.78, 5) is 12.5. The molecule has 9 heteroatoms. The molecule has 2 aromatic carbocycles. The van der Waals surface area contributed by atoms with Crippen LogP contribution in [-0.2, 0) is 10.0 Å². The van der Waals surface area contributed by atoms with Gasteiger partial charge in [-0.2, -0.15) is 0 Å². The van der Waals surface area contributed by atoms with Crippen molar-refractivity contribution in [2.75, 3.05) is 11.3 Å². The van der Waals surface area contributed by atoms with E-state index >= 15 is 0 Å². The van der Waals surface area contributed by atoms with Crippen LogP contribution >= 0.6 is 12.4 Å². The predicted octanol–water partition coefficient (Wildman–Crippen LogP) is 2.82. The molecule has 0 saturated heterocycles. The Morgan fingerprint density at radius 1 is 1.25 bits per heavy atom. The topological polar surface area (TPSA) is 101 Å². The Kier molecular flexibility index (Phi) is 7.03. The van der Waals surface area contributed by atoms with Crippen LogP contribution in [-0.4, -0.2) is 26.9 Å². The van der Waals surface area contributed by atoms with Crippen LogP contribution in [0.25, 0.3) is 0 Å². The minimum Gasteiger partial charge on any atom is -0.348 e. The van der Waals surface area contributed by atoms with E-state index in [4.69, 9.17) is 5.73 Å². The zero-order valence-electron chi connectivity index (χ0n) is 15.3. The van der Waals surface area contributed by atoms with Crippen molar-refractivity contribution < 1.29 is 17.6 Å². The molecule has 0 aliphatic heterocycles. The maximum absolute atomic E-state index is 13.8. The normalized spacial score (nSPS) is 14.7. The molecule has 0 heterocycles. The van der Waals surface area contributed by atoms with Crippen molar-refractivity contribution >= 4 is 34.0 Å². The first-order chi connectivity index (χ1) is 12.8. The number of hydrogen-bond acceptors (Lipinski definition) is 4. The van der Waals surface area contributed by atoms with E-state index in [-0.39, 0.29) is 40.5 Å². The predicted molar refractivity (Wildman–Crippen MR) is 109 cm³/mol. The van der Waals surface area contributed by atoms with Crippen molar-refractivity contribution in [3.05, 3.63) is 59.4 Å². The third-order valence-electron chi connectivity index (χ3n) is 4.64. The third kappa shape index (κ3) is 5.01. The summed E-state index contributed by atoms with van der Waals surface area (Å²) in [7, 11) is -4.04. The maximum atomic E-state index is 13.8. The number of sulfonamides is 1. The fourth-order valence-corrected chi connectivity index (χ4v) is 3.97. The van der Waals surface area contributed by atoms with Crippen molar-refractivity contribution in [1.29, 1.82) is 0 Å². The third-order valence-corrected chi connectivity index (χ3v) is 6.01. The van der Waals surface area contributed by atoms with Gasteiger partial charge in [-0.1, -0.05) is 18.2 Å². The zero-order chi connectivity index (χ0) is 19.6. The van der Waals surface area contributed by atoms with Gasteiger partial charge in [-0.25, -0.2) is 12.8 Å². The van der Waals surface area contributed by atoms with Crippen LogP contribution in [0, 0.1) is 18.7 Å². The van der Waals surface area contributed by atoms with E-state index in [1.54, 1.807) is 13.0 Å². The van der Waals surface area contributed by atoms with Crippen LogP contribution < -0.4 is 15.8 Å². The van der Waals surface area contributed by atoms with Gasteiger partial charge >= 0.3 is 0 Å². The van der Waals surface area contributed by atoms with Gasteiger partial charge in [0.1, 0.15) is 5.82 Å². The van der Waals surface area contributed by atoms with E-state index in [1.807, 2.05) is 0 Å². The molecule has 4 N–H and O–H groups in total. The minimum atomic E-state index is -4.04. The number of hydrogen-bond donors (Lipinski definition) is 3. The SMILES string of the molecule is Cc1ccc(S(=O)(=O)Nc2ccccc2F)cc1C(=O)NC(CN)C1CC1.Cl. The molecule has 1 unspecified atom stereocenters. The number of nitrogens with one attached hydrogen (secondary N) is 2. The van der Waals surface area contributed by atoms with Crippen LogP contribution in [0.2, 0.25) is 0 Å². The van der Waals surface area contributed by atoms with E-state index in [2.05, 4.69) is 10.0 Å². The summed E-state index contributed by atoms with van der Waals surface area (Å²) >= 11 is 0. The summed E-state index contributed by atoms with van der Waals surface area (Å²) < 4.78 is 41.2. The largest absolute Gasteiger partial charge is 0.348 e. The first kappa shape index (κ1) is 22.1. The van der Waals surface area contributed by atoms with Gasteiger partial charge in [-0.05, 0) is 55.5 Å². The van der Waals surface area contributed by atoms with Gasteiger partial charge in [-0.3, -0.25) is 9.52 Å².